The van der Waals surface area contributed by atoms with Gasteiger partial charge in [-0.3, -0.25) is 4.79 Å². The van der Waals surface area contributed by atoms with Crippen LogP contribution in [0, 0.1) is 0 Å². The van der Waals surface area contributed by atoms with Crippen molar-refractivity contribution in [3.05, 3.63) is 20.3 Å². The standard InChI is InChI=1S/C11H13Cl2NO2S2/c12-8-5-7(9(13)18-8)10(15)14-6-11(16)1-3-17-4-2-11/h5,16H,1-4,6H2,(H,14,15). The lowest BCUT2D eigenvalue weighted by Gasteiger charge is -2.31. The molecule has 1 aliphatic heterocycles. The Morgan fingerprint density at radius 3 is 2.67 bits per heavy atom. The van der Waals surface area contributed by atoms with E-state index in [0.717, 1.165) is 22.8 Å². The SMILES string of the molecule is O=C(NCC1(O)CCSCC1)c1cc(Cl)sc1Cl. The van der Waals surface area contributed by atoms with E-state index in [-0.39, 0.29) is 12.5 Å². The molecule has 1 saturated heterocycles. The van der Waals surface area contributed by atoms with Crippen LogP contribution in [0.5, 0.6) is 0 Å². The van der Waals surface area contributed by atoms with Crippen molar-refractivity contribution in [3.63, 3.8) is 0 Å². The van der Waals surface area contributed by atoms with Crippen LogP contribution in [0.15, 0.2) is 6.07 Å². The van der Waals surface area contributed by atoms with Gasteiger partial charge in [-0.25, -0.2) is 0 Å². The van der Waals surface area contributed by atoms with Crippen molar-refractivity contribution in [1.29, 1.82) is 0 Å². The molecular weight excluding hydrogens is 313 g/mol. The number of carbonyl (C=O) groups is 1. The summed E-state index contributed by atoms with van der Waals surface area (Å²) in [5.41, 5.74) is -0.409. The van der Waals surface area contributed by atoms with Crippen molar-refractivity contribution in [2.45, 2.75) is 18.4 Å². The topological polar surface area (TPSA) is 49.3 Å². The first kappa shape index (κ1) is 14.5. The van der Waals surface area contributed by atoms with Crippen LogP contribution in [0.25, 0.3) is 0 Å². The molecule has 1 aromatic rings. The molecule has 7 heteroatoms. The fourth-order valence-electron chi connectivity index (χ4n) is 1.76. The molecule has 0 spiro atoms. The zero-order valence-electron chi connectivity index (χ0n) is 9.54. The first-order valence-corrected chi connectivity index (χ1v) is 8.26. The molecule has 18 heavy (non-hydrogen) atoms. The molecule has 0 aliphatic carbocycles. The predicted molar refractivity (Wildman–Crippen MR) is 78.2 cm³/mol. The van der Waals surface area contributed by atoms with Crippen LogP contribution in [0.4, 0.5) is 0 Å². The lowest BCUT2D eigenvalue weighted by molar-refractivity contribution is 0.0311. The molecule has 1 fully saturated rings. The molecule has 2 N–H and O–H groups in total. The van der Waals surface area contributed by atoms with Gasteiger partial charge in [0.2, 0.25) is 0 Å². The molecule has 1 amide bonds. The number of aliphatic hydroxyl groups is 1. The Balaban J connectivity index is 1.94. The molecule has 2 rings (SSSR count). The molecule has 1 aliphatic rings. The average molecular weight is 326 g/mol. The highest BCUT2D eigenvalue weighted by Gasteiger charge is 2.30. The van der Waals surface area contributed by atoms with Crippen molar-refractivity contribution < 1.29 is 9.90 Å². The van der Waals surface area contributed by atoms with E-state index in [1.165, 1.54) is 0 Å². The zero-order chi connectivity index (χ0) is 13.2. The number of rotatable bonds is 3. The number of nitrogens with one attached hydrogen (secondary N) is 1. The summed E-state index contributed by atoms with van der Waals surface area (Å²) in [6, 6.07) is 1.55. The minimum absolute atomic E-state index is 0.260. The maximum Gasteiger partial charge on any atom is 0.253 e. The van der Waals surface area contributed by atoms with Gasteiger partial charge < -0.3 is 10.4 Å². The molecule has 2 heterocycles. The highest BCUT2D eigenvalue weighted by molar-refractivity contribution is 7.99. The van der Waals surface area contributed by atoms with Crippen LogP contribution in [-0.2, 0) is 0 Å². The Hall–Kier alpha value is 0.0600. The zero-order valence-corrected chi connectivity index (χ0v) is 12.7. The summed E-state index contributed by atoms with van der Waals surface area (Å²) >= 11 is 14.7. The van der Waals surface area contributed by atoms with E-state index in [2.05, 4.69) is 5.32 Å². The van der Waals surface area contributed by atoms with Crippen molar-refractivity contribution in [2.24, 2.45) is 0 Å². The quantitative estimate of drug-likeness (QED) is 0.898. The molecule has 0 atom stereocenters. The van der Waals surface area contributed by atoms with E-state index in [4.69, 9.17) is 23.2 Å². The summed E-state index contributed by atoms with van der Waals surface area (Å²) in [4.78, 5) is 11.9. The van der Waals surface area contributed by atoms with Crippen LogP contribution in [0.1, 0.15) is 23.2 Å². The van der Waals surface area contributed by atoms with E-state index < -0.39 is 5.60 Å². The van der Waals surface area contributed by atoms with Crippen molar-refractivity contribution in [3.8, 4) is 0 Å². The van der Waals surface area contributed by atoms with Gasteiger partial charge in [0.15, 0.2) is 0 Å². The largest absolute Gasteiger partial charge is 0.388 e. The minimum Gasteiger partial charge on any atom is -0.388 e. The van der Waals surface area contributed by atoms with Gasteiger partial charge in [0.1, 0.15) is 4.34 Å². The van der Waals surface area contributed by atoms with E-state index in [0.29, 0.717) is 27.1 Å². The molecule has 100 valence electrons. The third-order valence-electron chi connectivity index (χ3n) is 2.90. The lowest BCUT2D eigenvalue weighted by Crippen LogP contribution is -2.45. The van der Waals surface area contributed by atoms with Crippen LogP contribution in [0.3, 0.4) is 0 Å². The van der Waals surface area contributed by atoms with Crippen LogP contribution < -0.4 is 5.32 Å². The second-order valence-corrected chi connectivity index (χ2v) is 7.77. The summed E-state index contributed by atoms with van der Waals surface area (Å²) < 4.78 is 0.863. The van der Waals surface area contributed by atoms with Crippen molar-refractivity contribution >= 4 is 52.2 Å². The minimum atomic E-state index is -0.785. The maximum absolute atomic E-state index is 11.9. The second-order valence-electron chi connectivity index (χ2n) is 4.26. The third kappa shape index (κ3) is 3.54. The Morgan fingerprint density at radius 2 is 2.11 bits per heavy atom. The highest BCUT2D eigenvalue weighted by Crippen LogP contribution is 2.31. The van der Waals surface area contributed by atoms with E-state index in [9.17, 15) is 9.90 Å². The number of hydrogen-bond donors (Lipinski definition) is 2. The molecule has 0 aromatic carbocycles. The Morgan fingerprint density at radius 1 is 1.44 bits per heavy atom. The van der Waals surface area contributed by atoms with Crippen molar-refractivity contribution in [1.82, 2.24) is 5.32 Å². The highest BCUT2D eigenvalue weighted by atomic mass is 35.5. The normalized spacial score (nSPS) is 18.6. The predicted octanol–water partition coefficient (Wildman–Crippen LogP) is 3.04. The number of amides is 1. The number of halogens is 2. The summed E-state index contributed by atoms with van der Waals surface area (Å²) in [6.45, 7) is 0.260. The Kier molecular flexibility index (Phi) is 4.83. The van der Waals surface area contributed by atoms with Crippen LogP contribution in [-0.4, -0.2) is 34.7 Å². The third-order valence-corrected chi connectivity index (χ3v) is 5.38. The van der Waals surface area contributed by atoms with E-state index >= 15 is 0 Å². The first-order valence-electron chi connectivity index (χ1n) is 5.53. The summed E-state index contributed by atoms with van der Waals surface area (Å²) in [6.07, 6.45) is 1.41. The number of thioether (sulfide) groups is 1. The molecule has 0 saturated carbocycles. The number of carbonyl (C=O) groups excluding carboxylic acids is 1. The van der Waals surface area contributed by atoms with Gasteiger partial charge in [-0.05, 0) is 30.4 Å². The fraction of sp³-hybridized carbons (Fsp3) is 0.545. The second kappa shape index (κ2) is 6.01. The van der Waals surface area contributed by atoms with E-state index in [1.54, 1.807) is 6.07 Å². The average Bonchev–Trinajstić information content (AvgIpc) is 2.67. The van der Waals surface area contributed by atoms with Gasteiger partial charge in [0, 0.05) is 6.54 Å². The maximum atomic E-state index is 11.9. The summed E-state index contributed by atoms with van der Waals surface area (Å²) in [5, 5.41) is 13.0. The molecular formula is C11H13Cl2NO2S2. The summed E-state index contributed by atoms with van der Waals surface area (Å²) in [7, 11) is 0. The van der Waals surface area contributed by atoms with Crippen molar-refractivity contribution in [2.75, 3.05) is 18.1 Å². The molecule has 0 radical (unpaired) electrons. The van der Waals surface area contributed by atoms with Gasteiger partial charge >= 0.3 is 0 Å². The van der Waals surface area contributed by atoms with Gasteiger partial charge in [-0.15, -0.1) is 11.3 Å². The number of thiophene rings is 1. The lowest BCUT2D eigenvalue weighted by atomic mass is 9.97. The van der Waals surface area contributed by atoms with Gasteiger partial charge in [-0.2, -0.15) is 11.8 Å². The van der Waals surface area contributed by atoms with Crippen LogP contribution >= 0.6 is 46.3 Å². The van der Waals surface area contributed by atoms with Crippen LogP contribution in [0.2, 0.25) is 8.67 Å². The van der Waals surface area contributed by atoms with Gasteiger partial charge in [0.25, 0.3) is 5.91 Å². The fourth-order valence-corrected chi connectivity index (χ4v) is 4.47. The Labute approximate surface area is 124 Å². The molecule has 0 bridgehead atoms. The molecule has 3 nitrogen and oxygen atoms in total. The summed E-state index contributed by atoms with van der Waals surface area (Å²) in [5.74, 6) is 1.57. The van der Waals surface area contributed by atoms with Gasteiger partial charge in [0.05, 0.1) is 15.5 Å². The van der Waals surface area contributed by atoms with Gasteiger partial charge in [-0.1, -0.05) is 23.2 Å². The van der Waals surface area contributed by atoms with E-state index in [1.807, 2.05) is 11.8 Å². The Bertz CT molecular complexity index is 444. The number of hydrogen-bond acceptors (Lipinski definition) is 4. The monoisotopic (exact) mass is 325 g/mol. The smallest absolute Gasteiger partial charge is 0.253 e. The molecule has 0 unspecified atom stereocenters. The molecule has 1 aromatic heterocycles. The first-order chi connectivity index (χ1) is 8.50.